The molecule has 0 bridgehead atoms. The lowest BCUT2D eigenvalue weighted by atomic mass is 10.1. The van der Waals surface area contributed by atoms with Crippen molar-refractivity contribution in [1.29, 1.82) is 0 Å². The van der Waals surface area contributed by atoms with Gasteiger partial charge in [-0.1, -0.05) is 15.9 Å². The van der Waals surface area contributed by atoms with Crippen molar-refractivity contribution in [3.05, 3.63) is 48.0 Å². The summed E-state index contributed by atoms with van der Waals surface area (Å²) in [7, 11) is 3.33. The minimum atomic E-state index is 0.719. The van der Waals surface area contributed by atoms with Gasteiger partial charge >= 0.3 is 0 Å². The molecule has 0 radical (unpaired) electrons. The molecule has 1 heterocycles. The van der Waals surface area contributed by atoms with E-state index >= 15 is 0 Å². The summed E-state index contributed by atoms with van der Waals surface area (Å²) in [6.45, 7) is 0. The van der Waals surface area contributed by atoms with Gasteiger partial charge in [-0.25, -0.2) is 0 Å². The van der Waals surface area contributed by atoms with Gasteiger partial charge in [0.05, 0.1) is 14.2 Å². The number of methoxy groups -OCH3 is 2. The normalized spacial score (nSPS) is 10.8. The molecule has 0 saturated heterocycles. The number of alkyl halides is 1. The molecule has 0 spiro atoms. The number of ether oxygens (including phenoxy) is 2. The topological polar surface area (TPSA) is 31.6 Å². The second-order valence-corrected chi connectivity index (χ2v) is 5.24. The van der Waals surface area contributed by atoms with Gasteiger partial charge in [-0.15, -0.1) is 0 Å². The van der Waals surface area contributed by atoms with Gasteiger partial charge in [0.1, 0.15) is 22.8 Å². The molecule has 0 aliphatic heterocycles. The maximum Gasteiger partial charge on any atom is 0.139 e. The highest BCUT2D eigenvalue weighted by molar-refractivity contribution is 9.08. The first-order valence-electron chi connectivity index (χ1n) is 6.56. The molecule has 0 aliphatic rings. The van der Waals surface area contributed by atoms with Crippen LogP contribution in [0.5, 0.6) is 11.5 Å². The number of fused-ring (bicyclic) bond motifs is 1. The Balaban J connectivity index is 2.11. The van der Waals surface area contributed by atoms with Crippen LogP contribution >= 0.6 is 15.9 Å². The summed E-state index contributed by atoms with van der Waals surface area (Å²) in [6, 6.07) is 13.8. The molecule has 108 valence electrons. The number of halogens is 1. The number of hydrogen-bond acceptors (Lipinski definition) is 3. The first kappa shape index (κ1) is 14.0. The van der Waals surface area contributed by atoms with Crippen LogP contribution in [0.1, 0.15) is 5.56 Å². The summed E-state index contributed by atoms with van der Waals surface area (Å²) in [5.41, 5.74) is 2.98. The van der Waals surface area contributed by atoms with Crippen LogP contribution in [-0.2, 0) is 5.33 Å². The van der Waals surface area contributed by atoms with Gasteiger partial charge in [-0.05, 0) is 42.5 Å². The van der Waals surface area contributed by atoms with Crippen LogP contribution < -0.4 is 9.47 Å². The van der Waals surface area contributed by atoms with E-state index in [0.717, 1.165) is 44.7 Å². The Hall–Kier alpha value is -1.94. The van der Waals surface area contributed by atoms with Gasteiger partial charge in [0, 0.05) is 21.8 Å². The van der Waals surface area contributed by atoms with E-state index in [9.17, 15) is 0 Å². The van der Waals surface area contributed by atoms with Crippen LogP contribution in [0.4, 0.5) is 0 Å². The van der Waals surface area contributed by atoms with Crippen LogP contribution in [0.15, 0.2) is 46.9 Å². The Morgan fingerprint density at radius 2 is 1.67 bits per heavy atom. The minimum Gasteiger partial charge on any atom is -0.497 e. The van der Waals surface area contributed by atoms with Crippen molar-refractivity contribution in [1.82, 2.24) is 0 Å². The zero-order chi connectivity index (χ0) is 14.8. The van der Waals surface area contributed by atoms with Crippen LogP contribution in [0.25, 0.3) is 22.3 Å². The molecule has 0 N–H and O–H groups in total. The number of benzene rings is 2. The smallest absolute Gasteiger partial charge is 0.139 e. The Morgan fingerprint density at radius 3 is 2.29 bits per heavy atom. The van der Waals surface area contributed by atoms with Gasteiger partial charge in [0.2, 0.25) is 0 Å². The first-order chi connectivity index (χ1) is 10.2. The average molecular weight is 347 g/mol. The third-order valence-corrected chi connectivity index (χ3v) is 4.03. The van der Waals surface area contributed by atoms with Crippen molar-refractivity contribution in [3.8, 4) is 22.8 Å². The highest BCUT2D eigenvalue weighted by Crippen LogP contribution is 2.34. The SMILES string of the molecule is COc1ccc(-c2cc3cc(OC)cc(CBr)c3o2)cc1. The van der Waals surface area contributed by atoms with Gasteiger partial charge in [0.25, 0.3) is 0 Å². The molecule has 3 nitrogen and oxygen atoms in total. The molecule has 0 unspecified atom stereocenters. The zero-order valence-corrected chi connectivity index (χ0v) is 13.4. The van der Waals surface area contributed by atoms with E-state index in [2.05, 4.69) is 15.9 Å². The maximum absolute atomic E-state index is 6.02. The summed E-state index contributed by atoms with van der Waals surface area (Å²) in [5.74, 6) is 2.50. The highest BCUT2D eigenvalue weighted by atomic mass is 79.9. The molecule has 1 aromatic heterocycles. The largest absolute Gasteiger partial charge is 0.497 e. The standard InChI is InChI=1S/C17H15BrO3/c1-19-14-5-3-11(4-6-14)16-9-12-7-15(20-2)8-13(10-18)17(12)21-16/h3-9H,10H2,1-2H3. The molecular formula is C17H15BrO3. The van der Waals surface area contributed by atoms with Gasteiger partial charge in [-0.3, -0.25) is 0 Å². The molecule has 0 saturated carbocycles. The zero-order valence-electron chi connectivity index (χ0n) is 11.9. The quantitative estimate of drug-likeness (QED) is 0.622. The Kier molecular flexibility index (Phi) is 3.88. The lowest BCUT2D eigenvalue weighted by molar-refractivity contribution is 0.414. The third kappa shape index (κ3) is 2.63. The van der Waals surface area contributed by atoms with E-state index in [-0.39, 0.29) is 0 Å². The Bertz CT molecular complexity index is 760. The molecule has 3 rings (SSSR count). The third-order valence-electron chi connectivity index (χ3n) is 3.42. The predicted molar refractivity (Wildman–Crippen MR) is 87.4 cm³/mol. The number of rotatable bonds is 4. The van der Waals surface area contributed by atoms with Crippen molar-refractivity contribution in [2.75, 3.05) is 14.2 Å². The molecule has 3 aromatic rings. The fourth-order valence-corrected chi connectivity index (χ4v) is 2.73. The van der Waals surface area contributed by atoms with E-state index in [1.807, 2.05) is 42.5 Å². The summed E-state index contributed by atoms with van der Waals surface area (Å²) < 4.78 is 16.5. The van der Waals surface area contributed by atoms with E-state index in [1.165, 1.54) is 0 Å². The summed E-state index contributed by atoms with van der Waals surface area (Å²) in [5, 5.41) is 1.76. The van der Waals surface area contributed by atoms with Gasteiger partial charge in [0.15, 0.2) is 0 Å². The summed E-state index contributed by atoms with van der Waals surface area (Å²) in [6.07, 6.45) is 0. The monoisotopic (exact) mass is 346 g/mol. The van der Waals surface area contributed by atoms with Crippen molar-refractivity contribution in [2.24, 2.45) is 0 Å². The molecule has 0 fully saturated rings. The molecule has 21 heavy (non-hydrogen) atoms. The highest BCUT2D eigenvalue weighted by Gasteiger charge is 2.11. The number of hydrogen-bond donors (Lipinski definition) is 0. The molecule has 0 atom stereocenters. The fraction of sp³-hybridized carbons (Fsp3) is 0.176. The Morgan fingerprint density at radius 1 is 0.952 bits per heavy atom. The Labute approximate surface area is 131 Å². The fourth-order valence-electron chi connectivity index (χ4n) is 2.31. The van der Waals surface area contributed by atoms with E-state index in [0.29, 0.717) is 0 Å². The lowest BCUT2D eigenvalue weighted by Crippen LogP contribution is -1.85. The maximum atomic E-state index is 6.02. The predicted octanol–water partition coefficient (Wildman–Crippen LogP) is 5.01. The van der Waals surface area contributed by atoms with Crippen LogP contribution in [0.2, 0.25) is 0 Å². The first-order valence-corrected chi connectivity index (χ1v) is 7.68. The second kappa shape index (κ2) is 5.82. The van der Waals surface area contributed by atoms with Crippen LogP contribution in [0.3, 0.4) is 0 Å². The minimum absolute atomic E-state index is 0.719. The van der Waals surface area contributed by atoms with Gasteiger partial charge < -0.3 is 13.9 Å². The lowest BCUT2D eigenvalue weighted by Gasteiger charge is -2.03. The summed E-state index contributed by atoms with van der Waals surface area (Å²) in [4.78, 5) is 0. The molecular weight excluding hydrogens is 332 g/mol. The van der Waals surface area contributed by atoms with E-state index < -0.39 is 0 Å². The molecule has 4 heteroatoms. The summed E-state index contributed by atoms with van der Waals surface area (Å²) >= 11 is 3.49. The van der Waals surface area contributed by atoms with Crippen LogP contribution in [-0.4, -0.2) is 14.2 Å². The second-order valence-electron chi connectivity index (χ2n) is 4.68. The molecule has 2 aromatic carbocycles. The van der Waals surface area contributed by atoms with Crippen molar-refractivity contribution < 1.29 is 13.9 Å². The molecule has 0 aliphatic carbocycles. The van der Waals surface area contributed by atoms with Crippen molar-refractivity contribution >= 4 is 26.9 Å². The van der Waals surface area contributed by atoms with Crippen molar-refractivity contribution in [2.45, 2.75) is 5.33 Å². The molecule has 0 amide bonds. The van der Waals surface area contributed by atoms with Crippen LogP contribution in [0, 0.1) is 0 Å². The van der Waals surface area contributed by atoms with Crippen molar-refractivity contribution in [3.63, 3.8) is 0 Å². The van der Waals surface area contributed by atoms with E-state index in [4.69, 9.17) is 13.9 Å². The van der Waals surface area contributed by atoms with E-state index in [1.54, 1.807) is 14.2 Å². The van der Waals surface area contributed by atoms with Gasteiger partial charge in [-0.2, -0.15) is 0 Å². The average Bonchev–Trinajstić information content (AvgIpc) is 2.97. The number of furan rings is 1.